The molecule has 37 heavy (non-hydrogen) atoms. The molecule has 8 heteroatoms. The number of carbonyl (C=O) groups is 1. The Morgan fingerprint density at radius 2 is 1.97 bits per heavy atom. The van der Waals surface area contributed by atoms with Gasteiger partial charge in [0.05, 0.1) is 5.69 Å². The summed E-state index contributed by atoms with van der Waals surface area (Å²) >= 11 is 0. The van der Waals surface area contributed by atoms with E-state index in [0.717, 1.165) is 40.9 Å². The fourth-order valence-electron chi connectivity index (χ4n) is 4.37. The summed E-state index contributed by atoms with van der Waals surface area (Å²) in [6.45, 7) is 4.57. The van der Waals surface area contributed by atoms with Crippen molar-refractivity contribution in [1.82, 2.24) is 14.5 Å². The third-order valence-corrected chi connectivity index (χ3v) is 6.44. The topological polar surface area (TPSA) is 101 Å². The molecule has 0 atom stereocenters. The van der Waals surface area contributed by atoms with Gasteiger partial charge in [-0.15, -0.1) is 0 Å². The second-order valence-corrected chi connectivity index (χ2v) is 9.21. The van der Waals surface area contributed by atoms with Gasteiger partial charge in [-0.25, -0.2) is 9.97 Å². The maximum Gasteiger partial charge on any atom is 0.277 e. The quantitative estimate of drug-likeness (QED) is 0.377. The molecular weight excluding hydrogens is 464 g/mol. The summed E-state index contributed by atoms with van der Waals surface area (Å²) in [6, 6.07) is 15.0. The molecule has 1 aliphatic heterocycles. The smallest absolute Gasteiger partial charge is 0.277 e. The number of aliphatic imine (C=N–C) groups is 1. The van der Waals surface area contributed by atoms with Crippen LogP contribution >= 0.6 is 0 Å². The lowest BCUT2D eigenvalue weighted by molar-refractivity contribution is 0.102. The van der Waals surface area contributed by atoms with Gasteiger partial charge in [-0.2, -0.15) is 0 Å². The number of carbonyl (C=O) groups excluding carboxylic acids is 1. The van der Waals surface area contributed by atoms with E-state index < -0.39 is 0 Å². The minimum absolute atomic E-state index is 0.185. The summed E-state index contributed by atoms with van der Waals surface area (Å²) < 4.78 is 1.59. The van der Waals surface area contributed by atoms with E-state index in [4.69, 9.17) is 0 Å². The second-order valence-electron chi connectivity index (χ2n) is 9.21. The van der Waals surface area contributed by atoms with Crippen LogP contribution in [0.5, 0.6) is 0 Å². The van der Waals surface area contributed by atoms with E-state index in [1.165, 1.54) is 0 Å². The number of rotatable bonds is 7. The van der Waals surface area contributed by atoms with E-state index in [0.29, 0.717) is 34.6 Å². The number of anilines is 2. The lowest BCUT2D eigenvalue weighted by Crippen LogP contribution is -2.21. The number of hydrogen-bond donors (Lipinski definition) is 2. The number of nitrogens with one attached hydrogen (secondary N) is 2. The number of benzene rings is 2. The summed E-state index contributed by atoms with van der Waals surface area (Å²) in [5, 5.41) is 6.81. The fourth-order valence-corrected chi connectivity index (χ4v) is 4.37. The molecule has 0 bridgehead atoms. The number of fused-ring (bicyclic) bond motifs is 1. The molecule has 1 amide bonds. The van der Waals surface area contributed by atoms with Gasteiger partial charge in [0.2, 0.25) is 5.95 Å². The normalized spacial score (nSPS) is 12.6. The highest BCUT2D eigenvalue weighted by atomic mass is 16.1. The molecule has 0 radical (unpaired) electrons. The lowest BCUT2D eigenvalue weighted by atomic mass is 10.0. The average molecular weight is 493 g/mol. The van der Waals surface area contributed by atoms with Gasteiger partial charge < -0.3 is 15.2 Å². The van der Waals surface area contributed by atoms with Crippen molar-refractivity contribution in [3.63, 3.8) is 0 Å². The van der Waals surface area contributed by atoms with Gasteiger partial charge in [0.15, 0.2) is 0 Å². The molecule has 0 fully saturated rings. The number of nitrogens with zero attached hydrogens (tertiary/aromatic N) is 4. The first-order valence-electron chi connectivity index (χ1n) is 12.2. The molecule has 5 rings (SSSR count). The summed E-state index contributed by atoms with van der Waals surface area (Å²) in [6.07, 6.45) is 7.18. The Hall–Kier alpha value is -4.59. The molecule has 0 saturated carbocycles. The van der Waals surface area contributed by atoms with E-state index in [1.807, 2.05) is 68.6 Å². The molecule has 0 aliphatic carbocycles. The Kier molecular flexibility index (Phi) is 6.64. The number of aryl methyl sites for hydroxylation is 2. The second kappa shape index (κ2) is 10.2. The van der Waals surface area contributed by atoms with Gasteiger partial charge in [-0.05, 0) is 49.7 Å². The van der Waals surface area contributed by atoms with Crippen molar-refractivity contribution in [2.24, 2.45) is 12.0 Å². The summed E-state index contributed by atoms with van der Waals surface area (Å²) in [5.74, 6) is 0.233. The minimum atomic E-state index is -0.212. The molecular formula is C29H28N6O2. The van der Waals surface area contributed by atoms with Crippen molar-refractivity contribution in [1.29, 1.82) is 0 Å². The molecule has 0 saturated heterocycles. The number of allylic oxidation sites excluding steroid dienone is 1. The Bertz CT molecular complexity index is 1630. The van der Waals surface area contributed by atoms with Crippen LogP contribution in [0, 0.1) is 13.8 Å². The Morgan fingerprint density at radius 1 is 1.11 bits per heavy atom. The SMILES string of the molecule is Cc1cccc(C(=O)Nc2ccc(C)c(-c3cc4cnc(NCCC5=NC=CC5)nc4c(=O)n3C)c2)c1. The van der Waals surface area contributed by atoms with Crippen molar-refractivity contribution >= 4 is 34.2 Å². The third-order valence-electron chi connectivity index (χ3n) is 6.44. The van der Waals surface area contributed by atoms with Crippen molar-refractivity contribution in [3.8, 4) is 11.3 Å². The summed E-state index contributed by atoms with van der Waals surface area (Å²) in [4.78, 5) is 39.3. The molecule has 1 aliphatic rings. The summed E-state index contributed by atoms with van der Waals surface area (Å²) in [5.41, 5.74) is 6.06. The zero-order valence-corrected chi connectivity index (χ0v) is 21.1. The molecule has 4 aromatic rings. The van der Waals surface area contributed by atoms with E-state index in [2.05, 4.69) is 25.6 Å². The third kappa shape index (κ3) is 5.18. The van der Waals surface area contributed by atoms with Crippen molar-refractivity contribution in [3.05, 3.63) is 94.0 Å². The van der Waals surface area contributed by atoms with Gasteiger partial charge in [0.1, 0.15) is 5.52 Å². The minimum Gasteiger partial charge on any atom is -0.354 e. The van der Waals surface area contributed by atoms with Crippen molar-refractivity contribution in [2.45, 2.75) is 26.7 Å². The Labute approximate surface area is 214 Å². The van der Waals surface area contributed by atoms with Crippen LogP contribution in [0.2, 0.25) is 0 Å². The van der Waals surface area contributed by atoms with Crippen LogP contribution in [0.1, 0.15) is 34.3 Å². The zero-order valence-electron chi connectivity index (χ0n) is 21.1. The average Bonchev–Trinajstić information content (AvgIpc) is 3.41. The predicted octanol–water partition coefficient (Wildman–Crippen LogP) is 5.03. The first-order valence-corrected chi connectivity index (χ1v) is 12.2. The Balaban J connectivity index is 1.42. The molecule has 2 aromatic carbocycles. The summed E-state index contributed by atoms with van der Waals surface area (Å²) in [7, 11) is 1.73. The van der Waals surface area contributed by atoms with Gasteiger partial charge in [0, 0.05) is 66.7 Å². The fraction of sp³-hybridized carbons (Fsp3) is 0.207. The number of hydrogen-bond acceptors (Lipinski definition) is 6. The van der Waals surface area contributed by atoms with Crippen LogP contribution in [0.15, 0.2) is 76.8 Å². The molecule has 186 valence electrons. The number of amides is 1. The lowest BCUT2D eigenvalue weighted by Gasteiger charge is -2.15. The van der Waals surface area contributed by atoms with Gasteiger partial charge >= 0.3 is 0 Å². The highest BCUT2D eigenvalue weighted by Gasteiger charge is 2.14. The van der Waals surface area contributed by atoms with Crippen LogP contribution in [0.3, 0.4) is 0 Å². The van der Waals surface area contributed by atoms with Crippen molar-refractivity contribution < 1.29 is 4.79 Å². The maximum atomic E-state index is 13.3. The standard InChI is InChI=1S/C29H28N6O2/c1-18-6-4-7-20(14-18)27(36)33-23-10-9-19(2)24(16-23)25-15-21-17-32-29(34-26(21)28(37)35(25)3)31-13-11-22-8-5-12-30-22/h4-7,9-10,12,14-17H,8,11,13H2,1-3H3,(H,33,36)(H,31,32,34). The first kappa shape index (κ1) is 24.1. The molecule has 0 spiro atoms. The molecule has 8 nitrogen and oxygen atoms in total. The number of aromatic nitrogens is 3. The molecule has 2 N–H and O–H groups in total. The Morgan fingerprint density at radius 3 is 2.76 bits per heavy atom. The maximum absolute atomic E-state index is 13.3. The van der Waals surface area contributed by atoms with Crippen LogP contribution < -0.4 is 16.2 Å². The van der Waals surface area contributed by atoms with E-state index in [1.54, 1.807) is 23.9 Å². The van der Waals surface area contributed by atoms with Crippen LogP contribution in [0.25, 0.3) is 22.2 Å². The van der Waals surface area contributed by atoms with Gasteiger partial charge in [-0.3, -0.25) is 14.6 Å². The van der Waals surface area contributed by atoms with Crippen molar-refractivity contribution in [2.75, 3.05) is 17.2 Å². The van der Waals surface area contributed by atoms with E-state index in [9.17, 15) is 9.59 Å². The molecule has 3 heterocycles. The number of pyridine rings is 1. The molecule has 2 aromatic heterocycles. The van der Waals surface area contributed by atoms with Crippen LogP contribution in [-0.4, -0.2) is 32.7 Å². The highest BCUT2D eigenvalue weighted by Crippen LogP contribution is 2.28. The van der Waals surface area contributed by atoms with Gasteiger partial charge in [0.25, 0.3) is 11.5 Å². The van der Waals surface area contributed by atoms with Crippen LogP contribution in [0.4, 0.5) is 11.6 Å². The molecule has 0 unspecified atom stereocenters. The zero-order chi connectivity index (χ0) is 25.9. The van der Waals surface area contributed by atoms with Gasteiger partial charge in [-0.1, -0.05) is 29.8 Å². The monoisotopic (exact) mass is 492 g/mol. The highest BCUT2D eigenvalue weighted by molar-refractivity contribution is 6.04. The van der Waals surface area contributed by atoms with Crippen LogP contribution in [-0.2, 0) is 7.05 Å². The first-order chi connectivity index (χ1) is 17.9. The van der Waals surface area contributed by atoms with E-state index in [-0.39, 0.29) is 11.5 Å². The predicted molar refractivity (Wildman–Crippen MR) is 148 cm³/mol. The largest absolute Gasteiger partial charge is 0.354 e. The van der Waals surface area contributed by atoms with E-state index >= 15 is 0 Å².